The van der Waals surface area contributed by atoms with Crippen LogP contribution in [0.5, 0.6) is 34.5 Å². The zero-order chi connectivity index (χ0) is 22.8. The number of ether oxygens (including phenoxy) is 6. The molecule has 0 aliphatic carbocycles. The smallest absolute Gasteiger partial charge is 0.349 e. The van der Waals surface area contributed by atoms with E-state index in [4.69, 9.17) is 28.4 Å². The van der Waals surface area contributed by atoms with Crippen molar-refractivity contribution in [3.63, 3.8) is 0 Å². The first kappa shape index (κ1) is 22.5. The van der Waals surface area contributed by atoms with E-state index >= 15 is 0 Å². The second-order valence-corrected chi connectivity index (χ2v) is 6.35. The summed E-state index contributed by atoms with van der Waals surface area (Å²) in [6.07, 6.45) is 0. The Morgan fingerprint density at radius 2 is 0.781 bits per heavy atom. The molecule has 166 valence electrons. The Kier molecular flexibility index (Phi) is 7.91. The van der Waals surface area contributed by atoms with Crippen molar-refractivity contribution in [3.8, 4) is 34.5 Å². The molecule has 0 fully saturated rings. The van der Waals surface area contributed by atoms with Gasteiger partial charge in [0.05, 0.1) is 14.2 Å². The van der Waals surface area contributed by atoms with Gasteiger partial charge < -0.3 is 28.4 Å². The van der Waals surface area contributed by atoms with Gasteiger partial charge in [0.2, 0.25) is 0 Å². The van der Waals surface area contributed by atoms with Crippen molar-refractivity contribution < 1.29 is 38.0 Å². The van der Waals surface area contributed by atoms with Crippen LogP contribution in [0.15, 0.2) is 72.8 Å². The molecule has 0 saturated heterocycles. The number of carbonyl (C=O) groups excluding carboxylic acids is 2. The third-order valence-corrected chi connectivity index (χ3v) is 4.12. The molecule has 8 nitrogen and oxygen atoms in total. The molecule has 0 bridgehead atoms. The molecule has 0 unspecified atom stereocenters. The van der Waals surface area contributed by atoms with E-state index in [1.807, 2.05) is 0 Å². The molecule has 0 heterocycles. The van der Waals surface area contributed by atoms with Crippen LogP contribution in [0.1, 0.15) is 0 Å². The van der Waals surface area contributed by atoms with Crippen molar-refractivity contribution in [1.82, 2.24) is 0 Å². The fourth-order valence-electron chi connectivity index (χ4n) is 2.53. The van der Waals surface area contributed by atoms with E-state index in [-0.39, 0.29) is 13.2 Å². The highest BCUT2D eigenvalue weighted by Gasteiger charge is 2.09. The first-order valence-electron chi connectivity index (χ1n) is 9.61. The summed E-state index contributed by atoms with van der Waals surface area (Å²) in [6.45, 7) is -0.527. The van der Waals surface area contributed by atoms with E-state index in [0.717, 1.165) is 0 Å². The van der Waals surface area contributed by atoms with E-state index in [1.165, 1.54) is 0 Å². The van der Waals surface area contributed by atoms with Crippen LogP contribution in [0.2, 0.25) is 0 Å². The first-order valence-corrected chi connectivity index (χ1v) is 9.61. The van der Waals surface area contributed by atoms with Crippen molar-refractivity contribution >= 4 is 11.9 Å². The topological polar surface area (TPSA) is 89.5 Å². The van der Waals surface area contributed by atoms with Crippen LogP contribution >= 0.6 is 0 Å². The quantitative estimate of drug-likeness (QED) is 0.350. The molecule has 0 aromatic heterocycles. The Hall–Kier alpha value is -4.20. The van der Waals surface area contributed by atoms with Crippen LogP contribution in [-0.4, -0.2) is 39.4 Å². The minimum Gasteiger partial charge on any atom is -0.497 e. The normalized spacial score (nSPS) is 10.1. The van der Waals surface area contributed by atoms with Gasteiger partial charge in [-0.2, -0.15) is 0 Å². The van der Waals surface area contributed by atoms with Crippen LogP contribution in [0.4, 0.5) is 0 Å². The third-order valence-electron chi connectivity index (χ3n) is 4.12. The maximum Gasteiger partial charge on any atom is 0.349 e. The fourth-order valence-corrected chi connectivity index (χ4v) is 2.53. The van der Waals surface area contributed by atoms with E-state index < -0.39 is 11.9 Å². The van der Waals surface area contributed by atoms with E-state index in [0.29, 0.717) is 34.5 Å². The number of benzene rings is 3. The van der Waals surface area contributed by atoms with Crippen LogP contribution in [0.25, 0.3) is 0 Å². The summed E-state index contributed by atoms with van der Waals surface area (Å²) in [4.78, 5) is 23.8. The SMILES string of the molecule is COc1ccc(OC(=O)COc2ccc(OCC(=O)Oc3ccc(OC)cc3)cc2)cc1. The van der Waals surface area contributed by atoms with E-state index in [9.17, 15) is 9.59 Å². The molecule has 0 radical (unpaired) electrons. The minimum absolute atomic E-state index is 0.263. The predicted octanol–water partition coefficient (Wildman–Crippen LogP) is 3.67. The van der Waals surface area contributed by atoms with Gasteiger partial charge in [-0.15, -0.1) is 0 Å². The second-order valence-electron chi connectivity index (χ2n) is 6.35. The second kappa shape index (κ2) is 11.3. The molecule has 0 atom stereocenters. The lowest BCUT2D eigenvalue weighted by Gasteiger charge is -2.09. The zero-order valence-corrected chi connectivity index (χ0v) is 17.6. The maximum absolute atomic E-state index is 11.9. The first-order chi connectivity index (χ1) is 15.6. The largest absolute Gasteiger partial charge is 0.497 e. The summed E-state index contributed by atoms with van der Waals surface area (Å²) in [7, 11) is 3.11. The molecule has 0 N–H and O–H groups in total. The number of hydrogen-bond acceptors (Lipinski definition) is 8. The summed E-state index contributed by atoms with van der Waals surface area (Å²) >= 11 is 0. The average Bonchev–Trinajstić information content (AvgIpc) is 2.83. The van der Waals surface area contributed by atoms with Crippen molar-refractivity contribution in [2.45, 2.75) is 0 Å². The molecular weight excluding hydrogens is 416 g/mol. The van der Waals surface area contributed by atoms with Gasteiger partial charge in [-0.05, 0) is 72.8 Å². The van der Waals surface area contributed by atoms with E-state index in [2.05, 4.69) is 0 Å². The van der Waals surface area contributed by atoms with Gasteiger partial charge in [0.15, 0.2) is 13.2 Å². The predicted molar refractivity (Wildman–Crippen MR) is 115 cm³/mol. The highest BCUT2D eigenvalue weighted by atomic mass is 16.6. The van der Waals surface area contributed by atoms with Gasteiger partial charge >= 0.3 is 11.9 Å². The highest BCUT2D eigenvalue weighted by Crippen LogP contribution is 2.20. The molecule has 0 aliphatic heterocycles. The lowest BCUT2D eigenvalue weighted by Crippen LogP contribution is -2.18. The van der Waals surface area contributed by atoms with Crippen molar-refractivity contribution in [3.05, 3.63) is 72.8 Å². The number of rotatable bonds is 10. The van der Waals surface area contributed by atoms with Crippen LogP contribution in [-0.2, 0) is 9.59 Å². The minimum atomic E-state index is -0.545. The molecule has 32 heavy (non-hydrogen) atoms. The van der Waals surface area contributed by atoms with E-state index in [1.54, 1.807) is 87.0 Å². The molecule has 0 amide bonds. The average molecular weight is 438 g/mol. The van der Waals surface area contributed by atoms with Crippen LogP contribution < -0.4 is 28.4 Å². The van der Waals surface area contributed by atoms with Gasteiger partial charge in [0.1, 0.15) is 34.5 Å². The molecule has 8 heteroatoms. The Bertz CT molecular complexity index is 927. The summed E-state index contributed by atoms with van der Waals surface area (Å²) in [5, 5.41) is 0. The number of hydrogen-bond donors (Lipinski definition) is 0. The molecule has 0 spiro atoms. The Morgan fingerprint density at radius 3 is 1.09 bits per heavy atom. The monoisotopic (exact) mass is 438 g/mol. The summed E-state index contributed by atoms with van der Waals surface area (Å²) in [5.74, 6) is 1.92. The van der Waals surface area contributed by atoms with Gasteiger partial charge in [-0.25, -0.2) is 9.59 Å². The van der Waals surface area contributed by atoms with Crippen LogP contribution in [0.3, 0.4) is 0 Å². The zero-order valence-electron chi connectivity index (χ0n) is 17.6. The number of carbonyl (C=O) groups is 2. The van der Waals surface area contributed by atoms with Crippen molar-refractivity contribution in [2.24, 2.45) is 0 Å². The molecule has 0 saturated carbocycles. The Labute approximate surface area is 185 Å². The fraction of sp³-hybridized carbons (Fsp3) is 0.167. The maximum atomic E-state index is 11.9. The molecular formula is C24H22O8. The van der Waals surface area contributed by atoms with Gasteiger partial charge in [0, 0.05) is 0 Å². The van der Waals surface area contributed by atoms with Crippen molar-refractivity contribution in [1.29, 1.82) is 0 Å². The third kappa shape index (κ3) is 6.94. The van der Waals surface area contributed by atoms with Gasteiger partial charge in [-0.1, -0.05) is 0 Å². The molecule has 3 rings (SSSR count). The summed E-state index contributed by atoms with van der Waals surface area (Å²) in [6, 6.07) is 19.7. The van der Waals surface area contributed by atoms with Gasteiger partial charge in [-0.3, -0.25) is 0 Å². The van der Waals surface area contributed by atoms with Crippen molar-refractivity contribution in [2.75, 3.05) is 27.4 Å². The highest BCUT2D eigenvalue weighted by molar-refractivity contribution is 5.74. The van der Waals surface area contributed by atoms with Crippen LogP contribution in [0, 0.1) is 0 Å². The molecule has 0 aliphatic rings. The van der Waals surface area contributed by atoms with Gasteiger partial charge in [0.25, 0.3) is 0 Å². The molecule has 3 aromatic rings. The Morgan fingerprint density at radius 1 is 0.500 bits per heavy atom. The standard InChI is InChI=1S/C24H22O8/c1-27-17-3-11-21(12-4-17)31-23(25)15-29-19-7-9-20(10-8-19)30-16-24(26)32-22-13-5-18(28-2)6-14-22/h3-14H,15-16H2,1-2H3. The molecule has 3 aromatic carbocycles. The summed E-state index contributed by atoms with van der Waals surface area (Å²) < 4.78 is 31.3. The lowest BCUT2D eigenvalue weighted by atomic mass is 10.3. The lowest BCUT2D eigenvalue weighted by molar-refractivity contribution is -0.137. The number of methoxy groups -OCH3 is 2. The number of esters is 2. The summed E-state index contributed by atoms with van der Waals surface area (Å²) in [5.41, 5.74) is 0. The Balaban J connectivity index is 1.40.